The van der Waals surface area contributed by atoms with Crippen molar-refractivity contribution < 1.29 is 14.3 Å². The van der Waals surface area contributed by atoms with Gasteiger partial charge in [0.1, 0.15) is 11.8 Å². The minimum absolute atomic E-state index is 0.276. The van der Waals surface area contributed by atoms with E-state index in [2.05, 4.69) is 10.6 Å². The van der Waals surface area contributed by atoms with Gasteiger partial charge in [0.05, 0.1) is 11.9 Å². The van der Waals surface area contributed by atoms with Crippen LogP contribution in [0.25, 0.3) is 0 Å². The Balaban J connectivity index is 1.65. The van der Waals surface area contributed by atoms with Crippen molar-refractivity contribution in [2.24, 2.45) is 0 Å². The average Bonchev–Trinajstić information content (AvgIpc) is 3.24. The third-order valence-corrected chi connectivity index (χ3v) is 4.35. The summed E-state index contributed by atoms with van der Waals surface area (Å²) in [6.45, 7) is 0.276. The van der Waals surface area contributed by atoms with Crippen LogP contribution in [0.1, 0.15) is 43.0 Å². The van der Waals surface area contributed by atoms with Gasteiger partial charge in [-0.05, 0) is 30.5 Å². The van der Waals surface area contributed by atoms with E-state index in [-0.39, 0.29) is 18.6 Å². The molecule has 5 heteroatoms. The van der Waals surface area contributed by atoms with Gasteiger partial charge in [-0.1, -0.05) is 43.2 Å². The van der Waals surface area contributed by atoms with Gasteiger partial charge in [0.15, 0.2) is 0 Å². The van der Waals surface area contributed by atoms with Crippen molar-refractivity contribution in [2.75, 3.05) is 6.54 Å². The van der Waals surface area contributed by atoms with E-state index in [0.717, 1.165) is 31.2 Å². The Labute approximate surface area is 135 Å². The molecule has 1 atom stereocenters. The maximum Gasteiger partial charge on any atom is 0.315 e. The summed E-state index contributed by atoms with van der Waals surface area (Å²) in [5.74, 6) is 0.672. The molecule has 0 radical (unpaired) electrons. The van der Waals surface area contributed by atoms with E-state index in [1.165, 1.54) is 0 Å². The van der Waals surface area contributed by atoms with Gasteiger partial charge in [-0.15, -0.1) is 0 Å². The molecule has 3 N–H and O–H groups in total. The summed E-state index contributed by atoms with van der Waals surface area (Å²) >= 11 is 0. The van der Waals surface area contributed by atoms with Crippen LogP contribution in [-0.4, -0.2) is 23.3 Å². The second kappa shape index (κ2) is 6.87. The number of hydrogen-bond acceptors (Lipinski definition) is 3. The van der Waals surface area contributed by atoms with E-state index in [0.29, 0.717) is 5.76 Å². The highest BCUT2D eigenvalue weighted by Crippen LogP contribution is 2.28. The van der Waals surface area contributed by atoms with E-state index < -0.39 is 5.60 Å². The fourth-order valence-corrected chi connectivity index (χ4v) is 3.06. The van der Waals surface area contributed by atoms with E-state index in [9.17, 15) is 9.90 Å². The van der Waals surface area contributed by atoms with E-state index in [1.807, 2.05) is 36.4 Å². The zero-order valence-corrected chi connectivity index (χ0v) is 13.0. The van der Waals surface area contributed by atoms with Gasteiger partial charge in [-0.2, -0.15) is 0 Å². The van der Waals surface area contributed by atoms with E-state index in [1.54, 1.807) is 12.3 Å². The molecule has 0 spiro atoms. The Morgan fingerprint density at radius 3 is 2.57 bits per heavy atom. The second-order valence-electron chi connectivity index (χ2n) is 6.12. The van der Waals surface area contributed by atoms with Crippen molar-refractivity contribution in [3.63, 3.8) is 0 Å². The Bertz CT molecular complexity index is 619. The van der Waals surface area contributed by atoms with Crippen molar-refractivity contribution >= 4 is 6.03 Å². The number of nitrogens with one attached hydrogen (secondary N) is 2. The minimum atomic E-state index is -0.760. The second-order valence-corrected chi connectivity index (χ2v) is 6.12. The molecule has 3 rings (SSSR count). The summed E-state index contributed by atoms with van der Waals surface area (Å²) in [6, 6.07) is 12.6. The number of urea groups is 1. The fourth-order valence-electron chi connectivity index (χ4n) is 3.06. The third kappa shape index (κ3) is 3.93. The highest BCUT2D eigenvalue weighted by Gasteiger charge is 2.31. The molecule has 0 aliphatic heterocycles. The summed E-state index contributed by atoms with van der Waals surface area (Å²) in [6.07, 6.45) is 5.10. The van der Waals surface area contributed by atoms with Crippen LogP contribution in [0, 0.1) is 0 Å². The van der Waals surface area contributed by atoms with Gasteiger partial charge in [0.2, 0.25) is 0 Å². The van der Waals surface area contributed by atoms with Crippen LogP contribution in [0.2, 0.25) is 0 Å². The number of furan rings is 1. The van der Waals surface area contributed by atoms with Gasteiger partial charge in [0, 0.05) is 6.54 Å². The van der Waals surface area contributed by atoms with Crippen molar-refractivity contribution in [1.82, 2.24) is 10.6 Å². The number of amides is 2. The average molecular weight is 314 g/mol. The van der Waals surface area contributed by atoms with Crippen LogP contribution < -0.4 is 10.6 Å². The molecule has 0 bridgehead atoms. The van der Waals surface area contributed by atoms with E-state index in [4.69, 9.17) is 4.42 Å². The first-order chi connectivity index (χ1) is 11.2. The summed E-state index contributed by atoms with van der Waals surface area (Å²) in [7, 11) is 0. The zero-order chi connectivity index (χ0) is 16.1. The lowest BCUT2D eigenvalue weighted by atomic mass is 10.0. The number of aliphatic hydroxyl groups is 1. The molecule has 1 aromatic carbocycles. The molecule has 1 aliphatic rings. The topological polar surface area (TPSA) is 74.5 Å². The molecule has 1 unspecified atom stereocenters. The molecular formula is C18H22N2O3. The van der Waals surface area contributed by atoms with Crippen LogP contribution in [0.5, 0.6) is 0 Å². The highest BCUT2D eigenvalue weighted by molar-refractivity contribution is 5.75. The van der Waals surface area contributed by atoms with Crippen LogP contribution in [0.4, 0.5) is 4.79 Å². The Kier molecular flexibility index (Phi) is 4.67. The van der Waals surface area contributed by atoms with E-state index >= 15 is 0 Å². The first-order valence-electron chi connectivity index (χ1n) is 8.01. The fraction of sp³-hybridized carbons (Fsp3) is 0.389. The van der Waals surface area contributed by atoms with Gasteiger partial charge in [-0.25, -0.2) is 4.79 Å². The number of carbonyl (C=O) groups is 1. The number of rotatable bonds is 5. The molecular weight excluding hydrogens is 292 g/mol. The Morgan fingerprint density at radius 2 is 1.91 bits per heavy atom. The highest BCUT2D eigenvalue weighted by atomic mass is 16.3. The maximum atomic E-state index is 12.2. The molecule has 2 aromatic rings. The molecule has 122 valence electrons. The molecule has 5 nitrogen and oxygen atoms in total. The summed E-state index contributed by atoms with van der Waals surface area (Å²) in [4.78, 5) is 12.2. The van der Waals surface area contributed by atoms with Crippen LogP contribution in [-0.2, 0) is 0 Å². The van der Waals surface area contributed by atoms with Crippen LogP contribution in [0.3, 0.4) is 0 Å². The molecule has 1 heterocycles. The monoisotopic (exact) mass is 314 g/mol. The zero-order valence-electron chi connectivity index (χ0n) is 13.0. The molecule has 0 saturated heterocycles. The predicted molar refractivity (Wildman–Crippen MR) is 86.9 cm³/mol. The van der Waals surface area contributed by atoms with Gasteiger partial charge < -0.3 is 20.2 Å². The SMILES string of the molecule is O=C(NCC1(O)CCCC1)NC(c1ccccc1)c1ccco1. The largest absolute Gasteiger partial charge is 0.467 e. The standard InChI is InChI=1S/C18H22N2O3/c21-17(19-13-18(22)10-4-5-11-18)20-16(15-9-6-12-23-15)14-7-2-1-3-8-14/h1-3,6-9,12,16,22H,4-5,10-11,13H2,(H2,19,20,21). The summed E-state index contributed by atoms with van der Waals surface area (Å²) < 4.78 is 5.46. The lowest BCUT2D eigenvalue weighted by Gasteiger charge is -2.24. The molecule has 1 saturated carbocycles. The minimum Gasteiger partial charge on any atom is -0.467 e. The van der Waals surface area contributed by atoms with Crippen LogP contribution >= 0.6 is 0 Å². The van der Waals surface area contributed by atoms with Gasteiger partial charge in [-0.3, -0.25) is 0 Å². The molecule has 1 aromatic heterocycles. The third-order valence-electron chi connectivity index (χ3n) is 4.35. The van der Waals surface area contributed by atoms with Crippen LogP contribution in [0.15, 0.2) is 53.1 Å². The number of carbonyl (C=O) groups excluding carboxylic acids is 1. The lowest BCUT2D eigenvalue weighted by Crippen LogP contribution is -2.46. The quantitative estimate of drug-likeness (QED) is 0.794. The molecule has 1 fully saturated rings. The summed E-state index contributed by atoms with van der Waals surface area (Å²) in [5, 5.41) is 16.0. The van der Waals surface area contributed by atoms with Gasteiger partial charge in [0.25, 0.3) is 0 Å². The maximum absolute atomic E-state index is 12.2. The van der Waals surface area contributed by atoms with Crippen molar-refractivity contribution in [3.05, 3.63) is 60.1 Å². The molecule has 23 heavy (non-hydrogen) atoms. The molecule has 1 aliphatic carbocycles. The smallest absolute Gasteiger partial charge is 0.315 e. The number of hydrogen-bond donors (Lipinski definition) is 3. The van der Waals surface area contributed by atoms with Crippen molar-refractivity contribution in [3.8, 4) is 0 Å². The normalized spacial score (nSPS) is 17.6. The Morgan fingerprint density at radius 1 is 1.17 bits per heavy atom. The first kappa shape index (κ1) is 15.6. The van der Waals surface area contributed by atoms with Crippen molar-refractivity contribution in [1.29, 1.82) is 0 Å². The van der Waals surface area contributed by atoms with Crippen molar-refractivity contribution in [2.45, 2.75) is 37.3 Å². The predicted octanol–water partition coefficient (Wildman–Crippen LogP) is 2.97. The number of benzene rings is 1. The lowest BCUT2D eigenvalue weighted by molar-refractivity contribution is 0.0500. The Hall–Kier alpha value is -2.27. The molecule has 2 amide bonds. The first-order valence-corrected chi connectivity index (χ1v) is 8.01. The summed E-state index contributed by atoms with van der Waals surface area (Å²) in [5.41, 5.74) is 0.182. The van der Waals surface area contributed by atoms with Gasteiger partial charge >= 0.3 is 6.03 Å².